The molecule has 0 aromatic heterocycles. The molecule has 6 aliphatic rings. The van der Waals surface area contributed by atoms with Crippen molar-refractivity contribution in [1.29, 1.82) is 0 Å². The van der Waals surface area contributed by atoms with E-state index in [2.05, 4.69) is 13.8 Å². The predicted molar refractivity (Wildman–Crippen MR) is 102 cm³/mol. The molecule has 9 atom stereocenters. The first-order valence-electron chi connectivity index (χ1n) is 11.5. The molecule has 4 saturated carbocycles. The van der Waals surface area contributed by atoms with Gasteiger partial charge in [0, 0.05) is 24.2 Å². The van der Waals surface area contributed by atoms with Gasteiger partial charge in [-0.25, -0.2) is 0 Å². The monoisotopic (exact) mass is 368 g/mol. The van der Waals surface area contributed by atoms with Gasteiger partial charge in [-0.05, 0) is 86.5 Å². The summed E-state index contributed by atoms with van der Waals surface area (Å²) in [6.07, 6.45) is 11.6. The molecule has 0 bridgehead atoms. The van der Waals surface area contributed by atoms with Crippen LogP contribution in [0.3, 0.4) is 0 Å². The van der Waals surface area contributed by atoms with Crippen molar-refractivity contribution in [3.05, 3.63) is 11.6 Å². The normalized spacial score (nSPS) is 55.3. The minimum absolute atomic E-state index is 0.0592. The number of rotatable bonds is 1. The van der Waals surface area contributed by atoms with E-state index in [1.807, 2.05) is 6.08 Å². The van der Waals surface area contributed by atoms with Crippen molar-refractivity contribution >= 4 is 11.8 Å². The average molecular weight is 369 g/mol. The van der Waals surface area contributed by atoms with E-state index in [-0.39, 0.29) is 17.0 Å². The molecule has 6 rings (SSSR count). The number of hydrogen-bond donors (Lipinski definition) is 0. The van der Waals surface area contributed by atoms with Crippen LogP contribution in [0.2, 0.25) is 0 Å². The van der Waals surface area contributed by atoms with E-state index in [1.165, 1.54) is 31.3 Å². The van der Waals surface area contributed by atoms with Gasteiger partial charge < -0.3 is 4.74 Å². The highest BCUT2D eigenvalue weighted by atomic mass is 16.6. The van der Waals surface area contributed by atoms with E-state index >= 15 is 0 Å². The number of ketones is 1. The van der Waals surface area contributed by atoms with Crippen molar-refractivity contribution in [2.75, 3.05) is 0 Å². The molecule has 0 radical (unpaired) electrons. The number of fused-ring (bicyclic) bond motifs is 9. The first-order valence-corrected chi connectivity index (χ1v) is 11.5. The summed E-state index contributed by atoms with van der Waals surface area (Å²) in [4.78, 5) is 24.2. The molecule has 3 heteroatoms. The van der Waals surface area contributed by atoms with Gasteiger partial charge in [0.2, 0.25) is 0 Å². The van der Waals surface area contributed by atoms with Crippen LogP contribution < -0.4 is 0 Å². The Kier molecular flexibility index (Phi) is 3.28. The second-order valence-corrected chi connectivity index (χ2v) is 10.7. The van der Waals surface area contributed by atoms with Crippen LogP contribution in [0.1, 0.15) is 71.6 Å². The molecule has 1 aliphatic heterocycles. The summed E-state index contributed by atoms with van der Waals surface area (Å²) in [7, 11) is 0. The Morgan fingerprint density at radius 2 is 2.00 bits per heavy atom. The fourth-order valence-corrected chi connectivity index (χ4v) is 9.36. The second kappa shape index (κ2) is 5.27. The Hall–Kier alpha value is -1.12. The van der Waals surface area contributed by atoms with Gasteiger partial charge in [-0.3, -0.25) is 9.59 Å². The molecule has 3 nitrogen and oxygen atoms in total. The third-order valence-corrected chi connectivity index (χ3v) is 10.1. The molecule has 0 N–H and O–H groups in total. The fourth-order valence-electron chi connectivity index (χ4n) is 9.36. The van der Waals surface area contributed by atoms with Gasteiger partial charge in [-0.2, -0.15) is 0 Å². The first kappa shape index (κ1) is 16.8. The maximum atomic E-state index is 12.2. The number of hydrogen-bond acceptors (Lipinski definition) is 3. The van der Waals surface area contributed by atoms with E-state index in [0.29, 0.717) is 30.0 Å². The molecular formula is C24H32O3. The molecule has 1 saturated heterocycles. The summed E-state index contributed by atoms with van der Waals surface area (Å²) in [5, 5.41) is 0. The molecule has 5 unspecified atom stereocenters. The lowest BCUT2D eigenvalue weighted by Crippen LogP contribution is -2.57. The van der Waals surface area contributed by atoms with E-state index in [0.717, 1.165) is 49.4 Å². The standard InChI is InChI=1S/C24H32O3/c1-3-23-8-6-17-16-5-4-15(25)11-14(16)10-13(2)21(17)22(23)18-12-19(18)24(23)9-7-20(26)27-24/h11,13,16-19,21-22H,3-10,12H2,1-2H3/t13?,16?,17?,18-,19+,21?,22?,23-,24-/m0/s1. The molecule has 5 fully saturated rings. The Balaban J connectivity index is 1.42. The number of carbonyl (C=O) groups is 2. The average Bonchev–Trinajstić information content (AvgIpc) is 3.30. The lowest BCUT2D eigenvalue weighted by atomic mass is 9.46. The van der Waals surface area contributed by atoms with Gasteiger partial charge in [0.05, 0.1) is 0 Å². The number of carbonyl (C=O) groups excluding carboxylic acids is 2. The highest BCUT2D eigenvalue weighted by molar-refractivity contribution is 5.91. The SMILES string of the molecule is CC[C@]12CCC3C4CCC(=O)C=C4CC(C)C3C1[C@H]1C[C@H]1[C@@]21CCC(=O)O1. The molecule has 1 spiro atoms. The van der Waals surface area contributed by atoms with E-state index in [9.17, 15) is 9.59 Å². The molecule has 0 aromatic carbocycles. The topological polar surface area (TPSA) is 43.4 Å². The van der Waals surface area contributed by atoms with Gasteiger partial charge in [-0.15, -0.1) is 0 Å². The minimum Gasteiger partial charge on any atom is -0.458 e. The van der Waals surface area contributed by atoms with Crippen LogP contribution in [0.4, 0.5) is 0 Å². The minimum atomic E-state index is -0.127. The zero-order chi connectivity index (χ0) is 18.6. The molecular weight excluding hydrogens is 336 g/mol. The Morgan fingerprint density at radius 1 is 1.15 bits per heavy atom. The van der Waals surface area contributed by atoms with Gasteiger partial charge in [-0.1, -0.05) is 19.4 Å². The zero-order valence-electron chi connectivity index (χ0n) is 16.7. The summed E-state index contributed by atoms with van der Waals surface area (Å²) >= 11 is 0. The maximum Gasteiger partial charge on any atom is 0.306 e. The molecule has 5 aliphatic carbocycles. The van der Waals surface area contributed by atoms with E-state index in [4.69, 9.17) is 4.74 Å². The van der Waals surface area contributed by atoms with E-state index < -0.39 is 0 Å². The van der Waals surface area contributed by atoms with Crippen molar-refractivity contribution < 1.29 is 14.3 Å². The van der Waals surface area contributed by atoms with Crippen LogP contribution in [0.15, 0.2) is 11.6 Å². The number of esters is 1. The van der Waals surface area contributed by atoms with Crippen molar-refractivity contribution in [3.63, 3.8) is 0 Å². The van der Waals surface area contributed by atoms with Crippen LogP contribution in [-0.4, -0.2) is 17.4 Å². The molecule has 146 valence electrons. The van der Waals surface area contributed by atoms with Crippen LogP contribution in [0.5, 0.6) is 0 Å². The number of allylic oxidation sites excluding steroid dienone is 1. The summed E-state index contributed by atoms with van der Waals surface area (Å²) < 4.78 is 6.27. The highest BCUT2D eigenvalue weighted by Crippen LogP contribution is 2.79. The van der Waals surface area contributed by atoms with Gasteiger partial charge in [0.15, 0.2) is 5.78 Å². The Labute approximate surface area is 162 Å². The van der Waals surface area contributed by atoms with Crippen molar-refractivity contribution in [2.45, 2.75) is 77.2 Å². The third-order valence-electron chi connectivity index (χ3n) is 10.1. The Bertz CT molecular complexity index is 753. The highest BCUT2D eigenvalue weighted by Gasteiger charge is 2.79. The summed E-state index contributed by atoms with van der Waals surface area (Å²) in [6, 6.07) is 0. The third kappa shape index (κ3) is 1.90. The molecule has 27 heavy (non-hydrogen) atoms. The summed E-state index contributed by atoms with van der Waals surface area (Å²) in [5.74, 6) is 5.42. The lowest BCUT2D eigenvalue weighted by molar-refractivity contribution is -0.181. The van der Waals surface area contributed by atoms with Crippen LogP contribution in [0, 0.1) is 46.8 Å². The van der Waals surface area contributed by atoms with Gasteiger partial charge in [0.25, 0.3) is 0 Å². The number of ether oxygens (including phenoxy) is 1. The van der Waals surface area contributed by atoms with Crippen molar-refractivity contribution in [3.8, 4) is 0 Å². The molecule has 0 aromatic rings. The summed E-state index contributed by atoms with van der Waals surface area (Å²) in [6.45, 7) is 4.81. The molecule has 0 amide bonds. The summed E-state index contributed by atoms with van der Waals surface area (Å²) in [5.41, 5.74) is 1.57. The quantitative estimate of drug-likeness (QED) is 0.630. The van der Waals surface area contributed by atoms with Gasteiger partial charge >= 0.3 is 5.97 Å². The van der Waals surface area contributed by atoms with Crippen LogP contribution in [-0.2, 0) is 14.3 Å². The predicted octanol–water partition coefficient (Wildman–Crippen LogP) is 4.70. The lowest BCUT2D eigenvalue weighted by Gasteiger charge is -2.60. The zero-order valence-corrected chi connectivity index (χ0v) is 16.7. The van der Waals surface area contributed by atoms with Crippen LogP contribution in [0.25, 0.3) is 0 Å². The van der Waals surface area contributed by atoms with Crippen LogP contribution >= 0.6 is 0 Å². The van der Waals surface area contributed by atoms with Gasteiger partial charge in [0.1, 0.15) is 5.60 Å². The smallest absolute Gasteiger partial charge is 0.306 e. The Morgan fingerprint density at radius 3 is 2.74 bits per heavy atom. The maximum absolute atomic E-state index is 12.2. The van der Waals surface area contributed by atoms with E-state index in [1.54, 1.807) is 0 Å². The fraction of sp³-hybridized carbons (Fsp3) is 0.833. The first-order chi connectivity index (χ1) is 13.0. The van der Waals surface area contributed by atoms with Crippen molar-refractivity contribution in [2.24, 2.45) is 46.8 Å². The molecule has 1 heterocycles. The van der Waals surface area contributed by atoms with Crippen molar-refractivity contribution in [1.82, 2.24) is 0 Å². The second-order valence-electron chi connectivity index (χ2n) is 10.7. The largest absolute Gasteiger partial charge is 0.458 e.